The molecule has 0 fully saturated rings. The molecule has 0 aromatic heterocycles. The summed E-state index contributed by atoms with van der Waals surface area (Å²) in [5.74, 6) is 1.45. The molecule has 1 rings (SSSR count). The smallest absolute Gasteiger partial charge is 0.198 e. The van der Waals surface area contributed by atoms with E-state index in [4.69, 9.17) is 9.47 Å². The van der Waals surface area contributed by atoms with E-state index in [1.165, 1.54) is 0 Å². The van der Waals surface area contributed by atoms with Crippen molar-refractivity contribution in [2.24, 2.45) is 0 Å². The number of hydrogen-bond donors (Lipinski definition) is 0. The molecule has 15 heavy (non-hydrogen) atoms. The predicted molar refractivity (Wildman–Crippen MR) is 58.2 cm³/mol. The standard InChI is InChI=1S/C12H15O3/c1-14-11-7-6-10(5-3-4-8-13)9-12(11)15-2/h6-7,9H,3-5H2,1-2H3. The normalized spacial score (nSPS) is 9.73. The third-order valence-corrected chi connectivity index (χ3v) is 2.19. The predicted octanol–water partition coefficient (Wildman–Crippen LogP) is 2.14. The molecule has 3 nitrogen and oxygen atoms in total. The molecule has 0 N–H and O–H groups in total. The lowest BCUT2D eigenvalue weighted by Crippen LogP contribution is -1.93. The van der Waals surface area contributed by atoms with Gasteiger partial charge in [0, 0.05) is 6.42 Å². The van der Waals surface area contributed by atoms with Crippen molar-refractivity contribution in [2.45, 2.75) is 19.3 Å². The fourth-order valence-electron chi connectivity index (χ4n) is 1.40. The van der Waals surface area contributed by atoms with Gasteiger partial charge in [0.25, 0.3) is 0 Å². The quantitative estimate of drug-likeness (QED) is 0.670. The zero-order valence-electron chi connectivity index (χ0n) is 9.08. The van der Waals surface area contributed by atoms with Crippen LogP contribution in [0.2, 0.25) is 0 Å². The van der Waals surface area contributed by atoms with Gasteiger partial charge in [0.15, 0.2) is 17.8 Å². The van der Waals surface area contributed by atoms with Crippen LogP contribution in [0.4, 0.5) is 0 Å². The number of unbranched alkanes of at least 4 members (excludes halogenated alkanes) is 1. The summed E-state index contributed by atoms with van der Waals surface area (Å²) in [7, 11) is 3.22. The Balaban J connectivity index is 2.69. The Morgan fingerprint density at radius 3 is 2.53 bits per heavy atom. The lowest BCUT2D eigenvalue weighted by atomic mass is 10.1. The molecule has 0 unspecified atom stereocenters. The summed E-state index contributed by atoms with van der Waals surface area (Å²) in [6.07, 6.45) is 4.04. The first-order valence-corrected chi connectivity index (χ1v) is 4.87. The van der Waals surface area contributed by atoms with Gasteiger partial charge in [0.05, 0.1) is 14.2 Å². The third kappa shape index (κ3) is 3.27. The van der Waals surface area contributed by atoms with Crippen LogP contribution < -0.4 is 9.47 Å². The highest BCUT2D eigenvalue weighted by atomic mass is 16.5. The first-order valence-electron chi connectivity index (χ1n) is 4.87. The second kappa shape index (κ2) is 6.06. The maximum absolute atomic E-state index is 10.0. The van der Waals surface area contributed by atoms with Crippen molar-refractivity contribution in [3.63, 3.8) is 0 Å². The molecule has 0 heterocycles. The van der Waals surface area contributed by atoms with Gasteiger partial charge in [-0.3, -0.25) is 4.79 Å². The highest BCUT2D eigenvalue weighted by Gasteiger charge is 2.03. The Morgan fingerprint density at radius 1 is 1.20 bits per heavy atom. The summed E-state index contributed by atoms with van der Waals surface area (Å²) in [6, 6.07) is 5.79. The molecule has 0 saturated heterocycles. The average molecular weight is 207 g/mol. The van der Waals surface area contributed by atoms with Crippen molar-refractivity contribution in [2.75, 3.05) is 14.2 Å². The minimum Gasteiger partial charge on any atom is -0.493 e. The zero-order valence-corrected chi connectivity index (χ0v) is 9.08. The zero-order chi connectivity index (χ0) is 11.1. The van der Waals surface area contributed by atoms with Crippen LogP contribution in [0, 0.1) is 0 Å². The van der Waals surface area contributed by atoms with E-state index >= 15 is 0 Å². The second-order valence-corrected chi connectivity index (χ2v) is 3.19. The van der Waals surface area contributed by atoms with E-state index in [9.17, 15) is 4.79 Å². The van der Waals surface area contributed by atoms with Crippen LogP contribution in [-0.2, 0) is 11.2 Å². The van der Waals surface area contributed by atoms with E-state index in [0.717, 1.165) is 29.9 Å². The van der Waals surface area contributed by atoms with E-state index in [0.29, 0.717) is 6.42 Å². The van der Waals surface area contributed by atoms with Gasteiger partial charge in [-0.25, -0.2) is 0 Å². The van der Waals surface area contributed by atoms with Crippen LogP contribution in [0.5, 0.6) is 11.5 Å². The van der Waals surface area contributed by atoms with Crippen molar-refractivity contribution in [3.8, 4) is 11.5 Å². The van der Waals surface area contributed by atoms with Gasteiger partial charge in [-0.05, 0) is 30.5 Å². The molecule has 3 heteroatoms. The second-order valence-electron chi connectivity index (χ2n) is 3.19. The number of aryl methyl sites for hydroxylation is 1. The number of rotatable bonds is 6. The lowest BCUT2D eigenvalue weighted by molar-refractivity contribution is 0.354. The fraction of sp³-hybridized carbons (Fsp3) is 0.417. The lowest BCUT2D eigenvalue weighted by Gasteiger charge is -2.08. The van der Waals surface area contributed by atoms with Crippen LogP contribution in [-0.4, -0.2) is 20.5 Å². The molecule has 1 aromatic carbocycles. The minimum atomic E-state index is 0.481. The van der Waals surface area contributed by atoms with E-state index in [-0.39, 0.29) is 0 Å². The Hall–Kier alpha value is -1.51. The van der Waals surface area contributed by atoms with Crippen molar-refractivity contribution < 1.29 is 14.3 Å². The Morgan fingerprint density at radius 2 is 1.93 bits per heavy atom. The monoisotopic (exact) mass is 207 g/mol. The molecule has 0 amide bonds. The van der Waals surface area contributed by atoms with Gasteiger partial charge in [-0.15, -0.1) is 0 Å². The summed E-state index contributed by atoms with van der Waals surface area (Å²) >= 11 is 0. The molecule has 1 radical (unpaired) electrons. The van der Waals surface area contributed by atoms with Gasteiger partial charge in [0.1, 0.15) is 0 Å². The molecular formula is C12H15O3. The van der Waals surface area contributed by atoms with E-state index in [1.54, 1.807) is 14.2 Å². The van der Waals surface area contributed by atoms with Gasteiger partial charge >= 0.3 is 0 Å². The van der Waals surface area contributed by atoms with Crippen LogP contribution in [0.1, 0.15) is 18.4 Å². The number of benzene rings is 1. The Bertz CT molecular complexity index is 321. The van der Waals surface area contributed by atoms with Crippen LogP contribution in [0.3, 0.4) is 0 Å². The van der Waals surface area contributed by atoms with Crippen LogP contribution in [0.15, 0.2) is 18.2 Å². The summed E-state index contributed by atoms with van der Waals surface area (Å²) in [5.41, 5.74) is 1.14. The van der Waals surface area contributed by atoms with E-state index in [1.807, 2.05) is 24.5 Å². The Labute approximate surface area is 90.0 Å². The minimum absolute atomic E-state index is 0.481. The van der Waals surface area contributed by atoms with Gasteiger partial charge in [0.2, 0.25) is 0 Å². The van der Waals surface area contributed by atoms with Crippen LogP contribution in [0.25, 0.3) is 0 Å². The van der Waals surface area contributed by atoms with Crippen molar-refractivity contribution in [3.05, 3.63) is 23.8 Å². The molecule has 1 aromatic rings. The number of hydrogen-bond acceptors (Lipinski definition) is 3. The third-order valence-electron chi connectivity index (χ3n) is 2.19. The maximum Gasteiger partial charge on any atom is 0.198 e. The molecule has 0 saturated carbocycles. The molecule has 0 aliphatic heterocycles. The molecular weight excluding hydrogens is 192 g/mol. The first-order chi connectivity index (χ1) is 7.31. The van der Waals surface area contributed by atoms with Gasteiger partial charge < -0.3 is 9.47 Å². The van der Waals surface area contributed by atoms with Crippen molar-refractivity contribution in [1.82, 2.24) is 0 Å². The highest BCUT2D eigenvalue weighted by Crippen LogP contribution is 2.27. The largest absolute Gasteiger partial charge is 0.493 e. The summed E-state index contributed by atoms with van der Waals surface area (Å²) in [6.45, 7) is 0. The van der Waals surface area contributed by atoms with Crippen LogP contribution >= 0.6 is 0 Å². The highest BCUT2D eigenvalue weighted by molar-refractivity contribution is 5.50. The Kier molecular flexibility index (Phi) is 4.68. The topological polar surface area (TPSA) is 35.5 Å². The van der Waals surface area contributed by atoms with Gasteiger partial charge in [-0.2, -0.15) is 0 Å². The summed E-state index contributed by atoms with van der Waals surface area (Å²) in [4.78, 5) is 10.0. The molecule has 0 spiro atoms. The van der Waals surface area contributed by atoms with Gasteiger partial charge in [-0.1, -0.05) is 6.07 Å². The van der Waals surface area contributed by atoms with Crippen molar-refractivity contribution in [1.29, 1.82) is 0 Å². The van der Waals surface area contributed by atoms with Crippen molar-refractivity contribution >= 4 is 6.29 Å². The van der Waals surface area contributed by atoms with E-state index < -0.39 is 0 Å². The molecule has 0 bridgehead atoms. The average Bonchev–Trinajstić information content (AvgIpc) is 2.29. The fourth-order valence-corrected chi connectivity index (χ4v) is 1.40. The molecule has 81 valence electrons. The van der Waals surface area contributed by atoms with E-state index in [2.05, 4.69) is 0 Å². The maximum atomic E-state index is 10.0. The number of carbonyl (C=O) groups excluding carboxylic acids is 1. The summed E-state index contributed by atoms with van der Waals surface area (Å²) < 4.78 is 10.3. The summed E-state index contributed by atoms with van der Waals surface area (Å²) in [5, 5.41) is 0. The molecule has 0 atom stereocenters. The first kappa shape index (κ1) is 11.6. The number of methoxy groups -OCH3 is 2. The molecule has 0 aliphatic carbocycles. The SMILES string of the molecule is COc1ccc(CCC[C]=O)cc1OC. The number of ether oxygens (including phenoxy) is 2. The molecule has 0 aliphatic rings.